The molecule has 0 aromatic heterocycles. The first-order valence-corrected chi connectivity index (χ1v) is 9.60. The van der Waals surface area contributed by atoms with Crippen molar-refractivity contribution in [2.24, 2.45) is 0 Å². The van der Waals surface area contributed by atoms with Crippen LogP contribution in [0.4, 0.5) is 5.69 Å². The van der Waals surface area contributed by atoms with E-state index in [1.165, 1.54) is 27.4 Å². The van der Waals surface area contributed by atoms with Crippen molar-refractivity contribution in [3.63, 3.8) is 0 Å². The summed E-state index contributed by atoms with van der Waals surface area (Å²) < 4.78 is 15.9. The predicted octanol–water partition coefficient (Wildman–Crippen LogP) is 2.96. The molecule has 1 N–H and O–H groups in total. The smallest absolute Gasteiger partial charge is 0.244 e. The molecule has 2 aromatic rings. The lowest BCUT2D eigenvalue weighted by Crippen LogP contribution is -2.36. The van der Waals surface area contributed by atoms with Crippen LogP contribution in [0.5, 0.6) is 17.2 Å². The molecule has 1 saturated heterocycles. The van der Waals surface area contributed by atoms with Gasteiger partial charge in [-0.25, -0.2) is 0 Å². The first kappa shape index (κ1) is 21.2. The summed E-state index contributed by atoms with van der Waals surface area (Å²) in [4.78, 5) is 26.4. The van der Waals surface area contributed by atoms with E-state index in [9.17, 15) is 9.59 Å². The Labute approximate surface area is 176 Å². The van der Waals surface area contributed by atoms with Crippen LogP contribution in [0.3, 0.4) is 0 Å². The summed E-state index contributed by atoms with van der Waals surface area (Å²) in [6.07, 6.45) is 3.37. The molecular weight excluding hydrogens is 384 g/mol. The van der Waals surface area contributed by atoms with Gasteiger partial charge in [-0.2, -0.15) is 0 Å². The molecule has 0 unspecified atom stereocenters. The first-order valence-electron chi connectivity index (χ1n) is 9.60. The molecule has 1 heterocycles. The Balaban J connectivity index is 1.65. The Morgan fingerprint density at radius 1 is 1.07 bits per heavy atom. The SMILES string of the molecule is COc1cc(/C=C/C(=O)N[C@H]2CC(=O)N(c3ccc(C)cc3)C2)cc(OC)c1OC. The molecule has 0 radical (unpaired) electrons. The highest BCUT2D eigenvalue weighted by Gasteiger charge is 2.31. The summed E-state index contributed by atoms with van der Waals surface area (Å²) >= 11 is 0. The summed E-state index contributed by atoms with van der Waals surface area (Å²) in [6, 6.07) is 11.0. The van der Waals surface area contributed by atoms with Crippen LogP contribution in [-0.4, -0.2) is 45.7 Å². The summed E-state index contributed by atoms with van der Waals surface area (Å²) in [5, 5.41) is 2.89. The van der Waals surface area contributed by atoms with Gasteiger partial charge >= 0.3 is 0 Å². The maximum atomic E-state index is 12.4. The van der Waals surface area contributed by atoms with E-state index in [0.717, 1.165) is 16.8 Å². The number of ether oxygens (including phenoxy) is 3. The van der Waals surface area contributed by atoms with E-state index in [-0.39, 0.29) is 24.3 Å². The Morgan fingerprint density at radius 3 is 2.27 bits per heavy atom. The number of hydrogen-bond acceptors (Lipinski definition) is 5. The highest BCUT2D eigenvalue weighted by atomic mass is 16.5. The van der Waals surface area contributed by atoms with Gasteiger partial charge in [0.2, 0.25) is 17.6 Å². The van der Waals surface area contributed by atoms with Crippen molar-refractivity contribution >= 4 is 23.6 Å². The number of carbonyl (C=O) groups is 2. The van der Waals surface area contributed by atoms with Gasteiger partial charge in [0.05, 0.1) is 27.4 Å². The second-order valence-electron chi connectivity index (χ2n) is 7.04. The number of anilines is 1. The molecule has 0 aliphatic carbocycles. The second kappa shape index (κ2) is 9.35. The molecule has 7 nitrogen and oxygen atoms in total. The van der Waals surface area contributed by atoms with Crippen molar-refractivity contribution in [1.29, 1.82) is 0 Å². The monoisotopic (exact) mass is 410 g/mol. The van der Waals surface area contributed by atoms with Gasteiger partial charge in [0, 0.05) is 24.7 Å². The van der Waals surface area contributed by atoms with Gasteiger partial charge < -0.3 is 24.4 Å². The molecule has 7 heteroatoms. The van der Waals surface area contributed by atoms with Crippen LogP contribution < -0.4 is 24.4 Å². The standard InChI is InChI=1S/C23H26N2O5/c1-15-5-8-18(9-6-15)25-14-17(13-22(25)27)24-21(26)10-7-16-11-19(28-2)23(30-4)20(12-16)29-3/h5-12,17H,13-14H2,1-4H3,(H,24,26)/b10-7+/t17-/m0/s1. The fraction of sp³-hybridized carbons (Fsp3) is 0.304. The van der Waals surface area contributed by atoms with E-state index in [0.29, 0.717) is 23.8 Å². The van der Waals surface area contributed by atoms with Gasteiger partial charge in [0.1, 0.15) is 0 Å². The molecule has 158 valence electrons. The largest absolute Gasteiger partial charge is 0.493 e. The molecule has 2 amide bonds. The third-order valence-corrected chi connectivity index (χ3v) is 4.93. The molecule has 0 bridgehead atoms. The Kier molecular flexibility index (Phi) is 6.61. The Hall–Kier alpha value is -3.48. The van der Waals surface area contributed by atoms with Crippen LogP contribution in [0.25, 0.3) is 6.08 Å². The number of aryl methyl sites for hydroxylation is 1. The minimum Gasteiger partial charge on any atom is -0.493 e. The third-order valence-electron chi connectivity index (χ3n) is 4.93. The number of methoxy groups -OCH3 is 3. The van der Waals surface area contributed by atoms with E-state index >= 15 is 0 Å². The number of carbonyl (C=O) groups excluding carboxylic acids is 2. The van der Waals surface area contributed by atoms with Crippen molar-refractivity contribution in [2.45, 2.75) is 19.4 Å². The normalized spacial score (nSPS) is 16.1. The molecule has 2 aromatic carbocycles. The van der Waals surface area contributed by atoms with E-state index in [1.54, 1.807) is 23.1 Å². The van der Waals surface area contributed by atoms with Crippen molar-refractivity contribution in [1.82, 2.24) is 5.32 Å². The Bertz CT molecular complexity index is 928. The lowest BCUT2D eigenvalue weighted by Gasteiger charge is -2.17. The fourth-order valence-corrected chi connectivity index (χ4v) is 3.40. The van der Waals surface area contributed by atoms with Gasteiger partial charge in [-0.1, -0.05) is 17.7 Å². The molecule has 0 saturated carbocycles. The van der Waals surface area contributed by atoms with Crippen LogP contribution in [-0.2, 0) is 9.59 Å². The van der Waals surface area contributed by atoms with E-state index in [2.05, 4.69) is 5.32 Å². The quantitative estimate of drug-likeness (QED) is 0.710. The van der Waals surface area contributed by atoms with Crippen molar-refractivity contribution < 1.29 is 23.8 Å². The molecule has 1 atom stereocenters. The van der Waals surface area contributed by atoms with Crippen molar-refractivity contribution in [3.05, 3.63) is 53.6 Å². The molecular formula is C23H26N2O5. The maximum absolute atomic E-state index is 12.4. The zero-order valence-corrected chi connectivity index (χ0v) is 17.6. The summed E-state index contributed by atoms with van der Waals surface area (Å²) in [5.41, 5.74) is 2.70. The zero-order chi connectivity index (χ0) is 21.7. The number of hydrogen-bond donors (Lipinski definition) is 1. The lowest BCUT2D eigenvalue weighted by atomic mass is 10.1. The Morgan fingerprint density at radius 2 is 1.70 bits per heavy atom. The molecule has 3 rings (SSSR count). The van der Waals surface area contributed by atoms with Crippen molar-refractivity contribution in [2.75, 3.05) is 32.8 Å². The van der Waals surface area contributed by atoms with Gasteiger partial charge in [0.15, 0.2) is 11.5 Å². The molecule has 1 aliphatic heterocycles. The fourth-order valence-electron chi connectivity index (χ4n) is 3.40. The molecule has 0 spiro atoms. The summed E-state index contributed by atoms with van der Waals surface area (Å²) in [5.74, 6) is 1.23. The van der Waals surface area contributed by atoms with E-state index in [1.807, 2.05) is 31.2 Å². The number of nitrogens with zero attached hydrogens (tertiary/aromatic N) is 1. The van der Waals surface area contributed by atoms with Gasteiger partial charge in [-0.05, 0) is 42.8 Å². The van der Waals surface area contributed by atoms with Gasteiger partial charge in [0.25, 0.3) is 0 Å². The second-order valence-corrected chi connectivity index (χ2v) is 7.04. The van der Waals surface area contributed by atoms with Gasteiger partial charge in [-0.15, -0.1) is 0 Å². The average Bonchev–Trinajstić information content (AvgIpc) is 3.11. The molecule has 1 fully saturated rings. The number of rotatable bonds is 7. The zero-order valence-electron chi connectivity index (χ0n) is 17.6. The van der Waals surface area contributed by atoms with Crippen LogP contribution in [0.2, 0.25) is 0 Å². The maximum Gasteiger partial charge on any atom is 0.244 e. The lowest BCUT2D eigenvalue weighted by molar-refractivity contribution is -0.117. The highest BCUT2D eigenvalue weighted by Crippen LogP contribution is 2.38. The summed E-state index contributed by atoms with van der Waals surface area (Å²) in [7, 11) is 4.61. The first-order chi connectivity index (χ1) is 14.4. The van der Waals surface area contributed by atoms with Crippen LogP contribution in [0.15, 0.2) is 42.5 Å². The minimum atomic E-state index is -0.271. The number of amides is 2. The third kappa shape index (κ3) is 4.74. The van der Waals surface area contributed by atoms with E-state index in [4.69, 9.17) is 14.2 Å². The average molecular weight is 410 g/mol. The van der Waals surface area contributed by atoms with Gasteiger partial charge in [-0.3, -0.25) is 9.59 Å². The highest BCUT2D eigenvalue weighted by molar-refractivity contribution is 5.98. The predicted molar refractivity (Wildman–Crippen MR) is 115 cm³/mol. The summed E-state index contributed by atoms with van der Waals surface area (Å²) in [6.45, 7) is 2.45. The van der Waals surface area contributed by atoms with Crippen LogP contribution in [0, 0.1) is 6.92 Å². The van der Waals surface area contributed by atoms with Crippen LogP contribution in [0.1, 0.15) is 17.5 Å². The van der Waals surface area contributed by atoms with Crippen molar-refractivity contribution in [3.8, 4) is 17.2 Å². The molecule has 30 heavy (non-hydrogen) atoms. The number of nitrogens with one attached hydrogen (secondary N) is 1. The topological polar surface area (TPSA) is 77.1 Å². The van der Waals surface area contributed by atoms with E-state index < -0.39 is 0 Å². The minimum absolute atomic E-state index is 0.00207. The van der Waals surface area contributed by atoms with Crippen LogP contribution >= 0.6 is 0 Å². The number of benzene rings is 2. The molecule has 1 aliphatic rings.